The number of nitrogens with one attached hydrogen (secondary N) is 1. The van der Waals surface area contributed by atoms with Gasteiger partial charge in [-0.05, 0) is 68.5 Å². The molecule has 1 heterocycles. The molecule has 1 fully saturated rings. The lowest BCUT2D eigenvalue weighted by atomic mass is 10.1. The summed E-state index contributed by atoms with van der Waals surface area (Å²) in [7, 11) is -3.57. The van der Waals surface area contributed by atoms with Crippen LogP contribution in [0, 0.1) is 20.8 Å². The number of aryl methyl sites for hydroxylation is 2. The monoisotopic (exact) mass is 416 g/mol. The zero-order valence-electron chi connectivity index (χ0n) is 17.2. The van der Waals surface area contributed by atoms with Gasteiger partial charge in [0.1, 0.15) is 12.4 Å². The highest BCUT2D eigenvalue weighted by Gasteiger charge is 2.29. The number of hydrogen-bond acceptors (Lipinski definition) is 4. The SMILES string of the molecule is Cc1ccc(C(=O)NCCOc2cccc(C)c2C)cc1S(=O)(=O)N1CCCC1. The van der Waals surface area contributed by atoms with Gasteiger partial charge in [0, 0.05) is 18.7 Å². The highest BCUT2D eigenvalue weighted by Crippen LogP contribution is 2.25. The molecule has 29 heavy (non-hydrogen) atoms. The number of rotatable bonds is 7. The largest absolute Gasteiger partial charge is 0.491 e. The van der Waals surface area contributed by atoms with Gasteiger partial charge >= 0.3 is 0 Å². The molecule has 0 saturated carbocycles. The maximum absolute atomic E-state index is 12.9. The van der Waals surface area contributed by atoms with E-state index in [1.807, 2.05) is 32.0 Å². The average Bonchev–Trinajstić information content (AvgIpc) is 3.24. The molecule has 0 atom stereocenters. The smallest absolute Gasteiger partial charge is 0.251 e. The third-order valence-corrected chi connectivity index (χ3v) is 7.37. The molecule has 7 heteroatoms. The lowest BCUT2D eigenvalue weighted by molar-refractivity contribution is 0.0946. The van der Waals surface area contributed by atoms with Crippen molar-refractivity contribution in [2.45, 2.75) is 38.5 Å². The Kier molecular flexibility index (Phi) is 6.59. The lowest BCUT2D eigenvalue weighted by Crippen LogP contribution is -2.30. The van der Waals surface area contributed by atoms with Crippen molar-refractivity contribution in [3.63, 3.8) is 0 Å². The summed E-state index contributed by atoms with van der Waals surface area (Å²) in [4.78, 5) is 12.7. The van der Waals surface area contributed by atoms with Gasteiger partial charge in [-0.3, -0.25) is 4.79 Å². The Hall–Kier alpha value is -2.38. The molecule has 1 saturated heterocycles. The lowest BCUT2D eigenvalue weighted by Gasteiger charge is -2.18. The summed E-state index contributed by atoms with van der Waals surface area (Å²) < 4.78 is 33.0. The van der Waals surface area contributed by atoms with E-state index in [0.717, 1.165) is 29.7 Å². The van der Waals surface area contributed by atoms with E-state index in [1.165, 1.54) is 10.4 Å². The Bertz CT molecular complexity index is 996. The molecule has 1 aliphatic rings. The number of amides is 1. The number of ether oxygens (including phenoxy) is 1. The molecular formula is C22H28N2O4S. The van der Waals surface area contributed by atoms with Crippen LogP contribution in [0.2, 0.25) is 0 Å². The minimum absolute atomic E-state index is 0.207. The van der Waals surface area contributed by atoms with Crippen molar-refractivity contribution in [2.75, 3.05) is 26.2 Å². The van der Waals surface area contributed by atoms with E-state index in [1.54, 1.807) is 19.1 Å². The first kappa shape index (κ1) is 21.3. The van der Waals surface area contributed by atoms with Crippen molar-refractivity contribution < 1.29 is 17.9 Å². The highest BCUT2D eigenvalue weighted by molar-refractivity contribution is 7.89. The van der Waals surface area contributed by atoms with Gasteiger partial charge in [-0.15, -0.1) is 0 Å². The summed E-state index contributed by atoms with van der Waals surface area (Å²) in [6, 6.07) is 10.7. The first-order chi connectivity index (χ1) is 13.8. The van der Waals surface area contributed by atoms with Gasteiger partial charge in [-0.1, -0.05) is 18.2 Å². The highest BCUT2D eigenvalue weighted by atomic mass is 32.2. The molecule has 2 aromatic carbocycles. The summed E-state index contributed by atoms with van der Waals surface area (Å²) in [5, 5.41) is 2.80. The Morgan fingerprint density at radius 1 is 1.07 bits per heavy atom. The molecule has 1 N–H and O–H groups in total. The van der Waals surface area contributed by atoms with Crippen molar-refractivity contribution in [1.82, 2.24) is 9.62 Å². The third-order valence-electron chi connectivity index (χ3n) is 5.33. The Labute approximate surface area is 172 Å². The Morgan fingerprint density at radius 3 is 2.52 bits per heavy atom. The van der Waals surface area contributed by atoms with E-state index in [9.17, 15) is 13.2 Å². The quantitative estimate of drug-likeness (QED) is 0.704. The van der Waals surface area contributed by atoms with Gasteiger partial charge < -0.3 is 10.1 Å². The topological polar surface area (TPSA) is 75.7 Å². The van der Waals surface area contributed by atoms with E-state index in [-0.39, 0.29) is 10.8 Å². The summed E-state index contributed by atoms with van der Waals surface area (Å²) in [6.45, 7) is 7.51. The summed E-state index contributed by atoms with van der Waals surface area (Å²) in [6.07, 6.45) is 1.75. The van der Waals surface area contributed by atoms with Gasteiger partial charge in [0.15, 0.2) is 0 Å². The van der Waals surface area contributed by atoms with Crippen molar-refractivity contribution >= 4 is 15.9 Å². The van der Waals surface area contributed by atoms with Crippen LogP contribution >= 0.6 is 0 Å². The number of nitrogens with zero attached hydrogens (tertiary/aromatic N) is 1. The van der Waals surface area contributed by atoms with Crippen LogP contribution in [-0.4, -0.2) is 44.9 Å². The van der Waals surface area contributed by atoms with Gasteiger partial charge in [-0.2, -0.15) is 4.31 Å². The molecule has 0 spiro atoms. The van der Waals surface area contributed by atoms with Gasteiger partial charge in [0.25, 0.3) is 5.91 Å². The molecule has 3 rings (SSSR count). The van der Waals surface area contributed by atoms with E-state index >= 15 is 0 Å². The second-order valence-electron chi connectivity index (χ2n) is 7.39. The molecule has 0 aromatic heterocycles. The van der Waals surface area contributed by atoms with Crippen LogP contribution in [0.4, 0.5) is 0 Å². The molecule has 1 amide bonds. The third kappa shape index (κ3) is 4.79. The minimum atomic E-state index is -3.57. The predicted octanol–water partition coefficient (Wildman–Crippen LogP) is 3.21. The molecule has 0 bridgehead atoms. The number of sulfonamides is 1. The molecule has 2 aromatic rings. The maximum Gasteiger partial charge on any atom is 0.251 e. The Morgan fingerprint density at radius 2 is 1.79 bits per heavy atom. The predicted molar refractivity (Wildman–Crippen MR) is 113 cm³/mol. The fourth-order valence-corrected chi connectivity index (χ4v) is 5.16. The van der Waals surface area contributed by atoms with E-state index < -0.39 is 10.0 Å². The molecule has 6 nitrogen and oxygen atoms in total. The van der Waals surface area contributed by atoms with Crippen molar-refractivity contribution in [1.29, 1.82) is 0 Å². The van der Waals surface area contributed by atoms with Gasteiger partial charge in [0.2, 0.25) is 10.0 Å². The molecular weight excluding hydrogens is 388 g/mol. The fraction of sp³-hybridized carbons (Fsp3) is 0.409. The average molecular weight is 417 g/mol. The standard InChI is InChI=1S/C22H28N2O4S/c1-16-7-6-8-20(18(16)3)28-14-11-23-22(25)19-10-9-17(2)21(15-19)29(26,27)24-12-4-5-13-24/h6-10,15H,4-5,11-14H2,1-3H3,(H,23,25). The number of carbonyl (C=O) groups is 1. The molecule has 1 aliphatic heterocycles. The second-order valence-corrected chi connectivity index (χ2v) is 9.30. The zero-order chi connectivity index (χ0) is 21.0. The van der Waals surface area contributed by atoms with Crippen molar-refractivity contribution in [3.8, 4) is 5.75 Å². The van der Waals surface area contributed by atoms with E-state index in [0.29, 0.717) is 37.4 Å². The maximum atomic E-state index is 12.9. The van der Waals surface area contributed by atoms with Crippen LogP contribution in [0.1, 0.15) is 39.9 Å². The van der Waals surface area contributed by atoms with Crippen LogP contribution in [-0.2, 0) is 10.0 Å². The summed E-state index contributed by atoms with van der Waals surface area (Å²) >= 11 is 0. The van der Waals surface area contributed by atoms with Crippen molar-refractivity contribution in [3.05, 3.63) is 58.7 Å². The number of hydrogen-bond donors (Lipinski definition) is 1. The first-order valence-corrected chi connectivity index (χ1v) is 11.3. The Balaban J connectivity index is 1.63. The van der Waals surface area contributed by atoms with Crippen LogP contribution < -0.4 is 10.1 Å². The summed E-state index contributed by atoms with van der Waals surface area (Å²) in [5.41, 5.74) is 3.21. The van der Waals surface area contributed by atoms with Crippen LogP contribution in [0.5, 0.6) is 5.75 Å². The van der Waals surface area contributed by atoms with Crippen LogP contribution in [0.25, 0.3) is 0 Å². The normalized spacial score (nSPS) is 14.7. The van der Waals surface area contributed by atoms with Gasteiger partial charge in [0.05, 0.1) is 11.4 Å². The number of carbonyl (C=O) groups excluding carboxylic acids is 1. The molecule has 156 valence electrons. The van der Waals surface area contributed by atoms with E-state index in [2.05, 4.69) is 5.32 Å². The fourth-order valence-electron chi connectivity index (χ4n) is 3.39. The number of benzene rings is 2. The molecule has 0 aliphatic carbocycles. The summed E-state index contributed by atoms with van der Waals surface area (Å²) in [5.74, 6) is 0.487. The second kappa shape index (κ2) is 8.97. The van der Waals surface area contributed by atoms with Crippen LogP contribution in [0.3, 0.4) is 0 Å². The first-order valence-electron chi connectivity index (χ1n) is 9.89. The minimum Gasteiger partial charge on any atom is -0.491 e. The molecule has 0 radical (unpaired) electrons. The van der Waals surface area contributed by atoms with Crippen LogP contribution in [0.15, 0.2) is 41.3 Å². The zero-order valence-corrected chi connectivity index (χ0v) is 18.0. The van der Waals surface area contributed by atoms with E-state index in [4.69, 9.17) is 4.74 Å². The van der Waals surface area contributed by atoms with Crippen molar-refractivity contribution in [2.24, 2.45) is 0 Å². The molecule has 0 unspecified atom stereocenters. The van der Waals surface area contributed by atoms with Gasteiger partial charge in [-0.25, -0.2) is 8.42 Å².